The molecule has 0 amide bonds. The summed E-state index contributed by atoms with van der Waals surface area (Å²) < 4.78 is 11.2. The first-order chi connectivity index (χ1) is 11.8. The molecule has 2 heterocycles. The minimum absolute atomic E-state index is 0.498. The van der Waals surface area contributed by atoms with E-state index >= 15 is 0 Å². The van der Waals surface area contributed by atoms with Crippen LogP contribution >= 0.6 is 0 Å². The van der Waals surface area contributed by atoms with Crippen LogP contribution in [0.1, 0.15) is 5.56 Å². The van der Waals surface area contributed by atoms with Crippen LogP contribution in [0.4, 0.5) is 5.69 Å². The van der Waals surface area contributed by atoms with E-state index in [2.05, 4.69) is 40.1 Å². The number of hydrogen-bond acceptors (Lipinski definition) is 4. The Kier molecular flexibility index (Phi) is 4.30. The van der Waals surface area contributed by atoms with Crippen molar-refractivity contribution in [3.05, 3.63) is 54.1 Å². The number of methoxy groups -OCH3 is 1. The molecule has 2 aromatic rings. The third kappa shape index (κ3) is 3.06. The van der Waals surface area contributed by atoms with Gasteiger partial charge in [-0.1, -0.05) is 18.2 Å². The van der Waals surface area contributed by atoms with E-state index in [1.165, 1.54) is 11.3 Å². The Bertz CT molecular complexity index is 678. The van der Waals surface area contributed by atoms with Crippen molar-refractivity contribution in [2.24, 2.45) is 0 Å². The zero-order valence-corrected chi connectivity index (χ0v) is 14.1. The minimum Gasteiger partial charge on any atom is -0.497 e. The number of ether oxygens (including phenoxy) is 2. The molecule has 0 aliphatic carbocycles. The van der Waals surface area contributed by atoms with E-state index in [0.29, 0.717) is 6.04 Å². The van der Waals surface area contributed by atoms with E-state index in [4.69, 9.17) is 9.47 Å². The van der Waals surface area contributed by atoms with E-state index in [1.54, 1.807) is 7.11 Å². The predicted octanol–water partition coefficient (Wildman–Crippen LogP) is 2.82. The van der Waals surface area contributed by atoms with Crippen molar-refractivity contribution in [3.8, 4) is 11.5 Å². The van der Waals surface area contributed by atoms with Gasteiger partial charge >= 0.3 is 0 Å². The van der Waals surface area contributed by atoms with Gasteiger partial charge in [0, 0.05) is 37.9 Å². The Balaban J connectivity index is 1.36. The summed E-state index contributed by atoms with van der Waals surface area (Å²) >= 11 is 0. The summed E-state index contributed by atoms with van der Waals surface area (Å²) in [6.45, 7) is 5.10. The number of benzene rings is 2. The van der Waals surface area contributed by atoms with Crippen LogP contribution in [0, 0.1) is 0 Å². The molecule has 0 aromatic heterocycles. The summed E-state index contributed by atoms with van der Waals surface area (Å²) in [5.41, 5.74) is 2.62. The molecule has 4 rings (SSSR count). The number of rotatable bonds is 3. The van der Waals surface area contributed by atoms with Gasteiger partial charge < -0.3 is 14.4 Å². The second-order valence-corrected chi connectivity index (χ2v) is 6.50. The smallest absolute Gasteiger partial charge is 0.122 e. The zero-order chi connectivity index (χ0) is 16.4. The standard InChI is InChI=1S/C20H24N2O2/c1-23-19-8-6-17(7-9-19)21-10-12-22(13-11-21)18-14-16-4-2-3-5-20(16)24-15-18/h2-9,18H,10-15H2,1H3/t18-/m1/s1. The fourth-order valence-corrected chi connectivity index (χ4v) is 3.68. The lowest BCUT2D eigenvalue weighted by Crippen LogP contribution is -2.53. The highest BCUT2D eigenvalue weighted by Crippen LogP contribution is 2.27. The quantitative estimate of drug-likeness (QED) is 0.867. The molecule has 0 saturated carbocycles. The van der Waals surface area contributed by atoms with Crippen molar-refractivity contribution in [1.29, 1.82) is 0 Å². The van der Waals surface area contributed by atoms with Gasteiger partial charge in [0.05, 0.1) is 7.11 Å². The van der Waals surface area contributed by atoms with Crippen LogP contribution in [0.5, 0.6) is 11.5 Å². The highest BCUT2D eigenvalue weighted by Gasteiger charge is 2.28. The summed E-state index contributed by atoms with van der Waals surface area (Å²) in [6.07, 6.45) is 1.10. The third-order valence-corrected chi connectivity index (χ3v) is 5.13. The second-order valence-electron chi connectivity index (χ2n) is 6.50. The molecule has 2 aliphatic heterocycles. The molecular formula is C20H24N2O2. The van der Waals surface area contributed by atoms with E-state index in [1.807, 2.05) is 18.2 Å². The molecule has 0 spiro atoms. The Morgan fingerprint density at radius 2 is 1.71 bits per heavy atom. The normalized spacial score (nSPS) is 21.0. The van der Waals surface area contributed by atoms with Crippen LogP contribution in [0.25, 0.3) is 0 Å². The Morgan fingerprint density at radius 3 is 2.46 bits per heavy atom. The van der Waals surface area contributed by atoms with Crippen LogP contribution < -0.4 is 14.4 Å². The molecule has 2 aromatic carbocycles. The Morgan fingerprint density at radius 1 is 0.958 bits per heavy atom. The first-order valence-electron chi connectivity index (χ1n) is 8.67. The molecule has 1 atom stereocenters. The maximum Gasteiger partial charge on any atom is 0.122 e. The molecule has 24 heavy (non-hydrogen) atoms. The molecule has 0 bridgehead atoms. The molecule has 4 nitrogen and oxygen atoms in total. The van der Waals surface area contributed by atoms with Crippen LogP contribution in [0.3, 0.4) is 0 Å². The predicted molar refractivity (Wildman–Crippen MR) is 96.2 cm³/mol. The summed E-state index contributed by atoms with van der Waals surface area (Å²) in [6, 6.07) is 17.3. The van der Waals surface area contributed by atoms with Gasteiger partial charge in [0.15, 0.2) is 0 Å². The van der Waals surface area contributed by atoms with Crippen molar-refractivity contribution in [2.75, 3.05) is 44.8 Å². The lowest BCUT2D eigenvalue weighted by molar-refractivity contribution is 0.113. The van der Waals surface area contributed by atoms with Gasteiger partial charge in [-0.2, -0.15) is 0 Å². The molecule has 1 saturated heterocycles. The number of piperazine rings is 1. The number of hydrogen-bond donors (Lipinski definition) is 0. The monoisotopic (exact) mass is 324 g/mol. The lowest BCUT2D eigenvalue weighted by atomic mass is 10.0. The largest absolute Gasteiger partial charge is 0.497 e. The number of nitrogens with zero attached hydrogens (tertiary/aromatic N) is 2. The Hall–Kier alpha value is -2.20. The summed E-state index contributed by atoms with van der Waals surface area (Å²) in [7, 11) is 1.71. The molecule has 4 heteroatoms. The molecule has 1 fully saturated rings. The number of fused-ring (bicyclic) bond motifs is 1. The molecule has 126 valence electrons. The average Bonchev–Trinajstić information content (AvgIpc) is 2.68. The van der Waals surface area contributed by atoms with Crippen molar-refractivity contribution in [3.63, 3.8) is 0 Å². The van der Waals surface area contributed by atoms with Crippen LogP contribution in [0.15, 0.2) is 48.5 Å². The minimum atomic E-state index is 0.498. The van der Waals surface area contributed by atoms with Crippen molar-refractivity contribution >= 4 is 5.69 Å². The fourth-order valence-electron chi connectivity index (χ4n) is 3.68. The van der Waals surface area contributed by atoms with E-state index in [0.717, 1.165) is 50.7 Å². The van der Waals surface area contributed by atoms with Crippen LogP contribution in [-0.2, 0) is 6.42 Å². The second kappa shape index (κ2) is 6.73. The number of anilines is 1. The molecule has 0 N–H and O–H groups in total. The number of para-hydroxylation sites is 1. The highest BCUT2D eigenvalue weighted by atomic mass is 16.5. The molecule has 0 unspecified atom stereocenters. The van der Waals surface area contributed by atoms with Gasteiger partial charge in [-0.15, -0.1) is 0 Å². The summed E-state index contributed by atoms with van der Waals surface area (Å²) in [5, 5.41) is 0. The molecule has 0 radical (unpaired) electrons. The van der Waals surface area contributed by atoms with Crippen molar-refractivity contribution in [2.45, 2.75) is 12.5 Å². The highest BCUT2D eigenvalue weighted by molar-refractivity contribution is 5.49. The fraction of sp³-hybridized carbons (Fsp3) is 0.400. The third-order valence-electron chi connectivity index (χ3n) is 5.13. The van der Waals surface area contributed by atoms with Crippen LogP contribution in [0.2, 0.25) is 0 Å². The van der Waals surface area contributed by atoms with E-state index in [-0.39, 0.29) is 0 Å². The molecular weight excluding hydrogens is 300 g/mol. The van der Waals surface area contributed by atoms with Gasteiger partial charge in [0.2, 0.25) is 0 Å². The maximum absolute atomic E-state index is 5.96. The van der Waals surface area contributed by atoms with Gasteiger partial charge in [-0.05, 0) is 42.3 Å². The van der Waals surface area contributed by atoms with Crippen molar-refractivity contribution in [1.82, 2.24) is 4.90 Å². The van der Waals surface area contributed by atoms with E-state index in [9.17, 15) is 0 Å². The first-order valence-corrected chi connectivity index (χ1v) is 8.67. The summed E-state index contributed by atoms with van der Waals surface area (Å²) in [4.78, 5) is 5.03. The average molecular weight is 324 g/mol. The van der Waals surface area contributed by atoms with Gasteiger partial charge in [0.1, 0.15) is 18.1 Å². The van der Waals surface area contributed by atoms with E-state index < -0.39 is 0 Å². The first kappa shape index (κ1) is 15.3. The SMILES string of the molecule is COc1ccc(N2CCN([C@H]3COc4ccccc4C3)CC2)cc1. The van der Waals surface area contributed by atoms with Gasteiger partial charge in [-0.3, -0.25) is 4.90 Å². The van der Waals surface area contributed by atoms with Gasteiger partial charge in [-0.25, -0.2) is 0 Å². The van der Waals surface area contributed by atoms with Gasteiger partial charge in [0.25, 0.3) is 0 Å². The molecule has 2 aliphatic rings. The lowest BCUT2D eigenvalue weighted by Gasteiger charge is -2.41. The van der Waals surface area contributed by atoms with Crippen LogP contribution in [-0.4, -0.2) is 50.8 Å². The maximum atomic E-state index is 5.96. The summed E-state index contributed by atoms with van der Waals surface area (Å²) in [5.74, 6) is 1.97. The zero-order valence-electron chi connectivity index (χ0n) is 14.1. The van der Waals surface area contributed by atoms with Crippen molar-refractivity contribution < 1.29 is 9.47 Å². The topological polar surface area (TPSA) is 24.9 Å². The Labute approximate surface area is 143 Å².